The normalized spacial score (nSPS) is 14.2. The summed E-state index contributed by atoms with van der Waals surface area (Å²) in [5.74, 6) is -0.487. The Kier molecular flexibility index (Phi) is 7.96. The van der Waals surface area contributed by atoms with E-state index < -0.39 is 24.0 Å². The maximum Gasteiger partial charge on any atom is 0.323 e. The van der Waals surface area contributed by atoms with Crippen molar-refractivity contribution >= 4 is 23.7 Å². The van der Waals surface area contributed by atoms with Gasteiger partial charge in [0.2, 0.25) is 0 Å². The summed E-state index contributed by atoms with van der Waals surface area (Å²) in [4.78, 5) is 21.5. The van der Waals surface area contributed by atoms with Crippen LogP contribution in [0.3, 0.4) is 0 Å². The average molecular weight is 250 g/mol. The standard InChI is InChI=1S/C9H18N2O4S/c1-2-15-9(14)7(11)5-16-4-3-6(10)8(12)13/h6-7H,2-5,10-11H2,1H3,(H,12,13)/t6-,7-/m0/s1. The number of carbonyl (C=O) groups is 2. The highest BCUT2D eigenvalue weighted by molar-refractivity contribution is 7.99. The van der Waals surface area contributed by atoms with E-state index >= 15 is 0 Å². The molecule has 6 nitrogen and oxygen atoms in total. The molecule has 94 valence electrons. The van der Waals surface area contributed by atoms with Crippen LogP contribution in [0, 0.1) is 0 Å². The lowest BCUT2D eigenvalue weighted by atomic mass is 10.2. The van der Waals surface area contributed by atoms with E-state index in [1.165, 1.54) is 11.8 Å². The average Bonchev–Trinajstić information content (AvgIpc) is 2.23. The number of rotatable bonds is 8. The Morgan fingerprint density at radius 3 is 2.50 bits per heavy atom. The zero-order chi connectivity index (χ0) is 12.6. The van der Waals surface area contributed by atoms with Crippen LogP contribution in [0.15, 0.2) is 0 Å². The van der Waals surface area contributed by atoms with Crippen LogP contribution in [-0.2, 0) is 14.3 Å². The van der Waals surface area contributed by atoms with Crippen LogP contribution in [0.1, 0.15) is 13.3 Å². The smallest absolute Gasteiger partial charge is 0.323 e. The molecular formula is C9H18N2O4S. The second-order valence-electron chi connectivity index (χ2n) is 3.17. The molecule has 16 heavy (non-hydrogen) atoms. The fraction of sp³-hybridized carbons (Fsp3) is 0.778. The van der Waals surface area contributed by atoms with Crippen LogP contribution in [0.25, 0.3) is 0 Å². The fourth-order valence-corrected chi connectivity index (χ4v) is 1.84. The van der Waals surface area contributed by atoms with Gasteiger partial charge in [-0.05, 0) is 19.1 Å². The number of thioether (sulfide) groups is 1. The van der Waals surface area contributed by atoms with Gasteiger partial charge in [0.1, 0.15) is 12.1 Å². The van der Waals surface area contributed by atoms with Crippen molar-refractivity contribution in [1.82, 2.24) is 0 Å². The van der Waals surface area contributed by atoms with Crippen LogP contribution < -0.4 is 11.5 Å². The highest BCUT2D eigenvalue weighted by Crippen LogP contribution is 2.06. The summed E-state index contributed by atoms with van der Waals surface area (Å²) < 4.78 is 4.72. The van der Waals surface area contributed by atoms with Gasteiger partial charge in [-0.1, -0.05) is 0 Å². The minimum absolute atomic E-state index is 0.307. The van der Waals surface area contributed by atoms with Crippen molar-refractivity contribution in [2.75, 3.05) is 18.1 Å². The predicted octanol–water partition coefficient (Wildman–Crippen LogP) is -0.588. The van der Waals surface area contributed by atoms with E-state index in [2.05, 4.69) is 0 Å². The Bertz CT molecular complexity index is 238. The zero-order valence-electron chi connectivity index (χ0n) is 9.22. The number of hydrogen-bond acceptors (Lipinski definition) is 6. The van der Waals surface area contributed by atoms with Crippen molar-refractivity contribution < 1.29 is 19.4 Å². The van der Waals surface area contributed by atoms with Gasteiger partial charge in [0.15, 0.2) is 0 Å². The molecule has 0 aromatic carbocycles. The summed E-state index contributed by atoms with van der Waals surface area (Å²) in [6.07, 6.45) is 0.357. The van der Waals surface area contributed by atoms with E-state index in [1.54, 1.807) is 6.92 Å². The van der Waals surface area contributed by atoms with Crippen molar-refractivity contribution in [3.8, 4) is 0 Å². The highest BCUT2D eigenvalue weighted by Gasteiger charge is 2.15. The summed E-state index contributed by atoms with van der Waals surface area (Å²) in [6.45, 7) is 2.02. The molecule has 0 rings (SSSR count). The second-order valence-corrected chi connectivity index (χ2v) is 4.32. The van der Waals surface area contributed by atoms with Gasteiger partial charge < -0.3 is 21.3 Å². The highest BCUT2D eigenvalue weighted by atomic mass is 32.2. The number of esters is 1. The van der Waals surface area contributed by atoms with Gasteiger partial charge in [0.25, 0.3) is 0 Å². The Labute approximate surface area is 98.7 Å². The summed E-state index contributed by atoms with van der Waals surface area (Å²) >= 11 is 1.39. The summed E-state index contributed by atoms with van der Waals surface area (Å²) in [6, 6.07) is -1.52. The molecule has 0 heterocycles. The van der Waals surface area contributed by atoms with E-state index in [0.29, 0.717) is 24.5 Å². The topological polar surface area (TPSA) is 116 Å². The minimum Gasteiger partial charge on any atom is -0.480 e. The number of hydrogen-bond donors (Lipinski definition) is 3. The third-order valence-corrected chi connectivity index (χ3v) is 2.90. The molecule has 7 heteroatoms. The Balaban J connectivity index is 3.58. The van der Waals surface area contributed by atoms with E-state index in [1.807, 2.05) is 0 Å². The monoisotopic (exact) mass is 250 g/mol. The van der Waals surface area contributed by atoms with Crippen molar-refractivity contribution in [2.24, 2.45) is 11.5 Å². The fourth-order valence-electron chi connectivity index (χ4n) is 0.861. The molecular weight excluding hydrogens is 232 g/mol. The van der Waals surface area contributed by atoms with Gasteiger partial charge in [-0.2, -0.15) is 11.8 Å². The van der Waals surface area contributed by atoms with Gasteiger partial charge in [0, 0.05) is 5.75 Å². The maximum absolute atomic E-state index is 11.1. The molecule has 0 radical (unpaired) electrons. The molecule has 0 fully saturated rings. The molecule has 0 saturated heterocycles. The lowest BCUT2D eigenvalue weighted by molar-refractivity contribution is -0.144. The molecule has 0 aliphatic carbocycles. The molecule has 0 saturated carbocycles. The van der Waals surface area contributed by atoms with Crippen LogP contribution in [0.2, 0.25) is 0 Å². The summed E-state index contributed by atoms with van der Waals surface area (Å²) in [5.41, 5.74) is 10.8. The SMILES string of the molecule is CCOC(=O)[C@@H](N)CSCC[C@H](N)C(=O)O. The number of aliphatic carboxylic acids is 1. The molecule has 0 aliphatic heterocycles. The maximum atomic E-state index is 11.1. The first-order chi connectivity index (χ1) is 7.49. The van der Waals surface area contributed by atoms with Crippen LogP contribution in [0.5, 0.6) is 0 Å². The third kappa shape index (κ3) is 6.65. The Hall–Kier alpha value is -0.790. The Morgan fingerprint density at radius 2 is 2.00 bits per heavy atom. The lowest BCUT2D eigenvalue weighted by Crippen LogP contribution is -2.35. The molecule has 0 spiro atoms. The third-order valence-electron chi connectivity index (χ3n) is 1.78. The van der Waals surface area contributed by atoms with Gasteiger partial charge in [-0.3, -0.25) is 9.59 Å². The zero-order valence-corrected chi connectivity index (χ0v) is 10.0. The first-order valence-electron chi connectivity index (χ1n) is 4.97. The molecule has 0 unspecified atom stereocenters. The predicted molar refractivity (Wildman–Crippen MR) is 62.2 cm³/mol. The first kappa shape index (κ1) is 15.2. The molecule has 2 atom stereocenters. The van der Waals surface area contributed by atoms with Gasteiger partial charge >= 0.3 is 11.9 Å². The second kappa shape index (κ2) is 8.37. The van der Waals surface area contributed by atoms with Crippen LogP contribution in [-0.4, -0.2) is 47.2 Å². The largest absolute Gasteiger partial charge is 0.480 e. The molecule has 0 aliphatic rings. The van der Waals surface area contributed by atoms with Crippen molar-refractivity contribution in [3.63, 3.8) is 0 Å². The van der Waals surface area contributed by atoms with E-state index in [9.17, 15) is 9.59 Å². The summed E-state index contributed by atoms with van der Waals surface area (Å²) in [7, 11) is 0. The van der Waals surface area contributed by atoms with Crippen LogP contribution in [0.4, 0.5) is 0 Å². The number of carboxylic acid groups (broad SMARTS) is 1. The number of carbonyl (C=O) groups excluding carboxylic acids is 1. The molecule has 0 aromatic heterocycles. The minimum atomic E-state index is -1.02. The quantitative estimate of drug-likeness (QED) is 0.389. The molecule has 0 amide bonds. The van der Waals surface area contributed by atoms with Gasteiger partial charge in [-0.15, -0.1) is 0 Å². The number of nitrogens with two attached hydrogens (primary N) is 2. The van der Waals surface area contributed by atoms with Gasteiger partial charge in [0.05, 0.1) is 6.61 Å². The summed E-state index contributed by atoms with van der Waals surface area (Å²) in [5, 5.41) is 8.52. The van der Waals surface area contributed by atoms with Crippen molar-refractivity contribution in [3.05, 3.63) is 0 Å². The Morgan fingerprint density at radius 1 is 1.38 bits per heavy atom. The van der Waals surface area contributed by atoms with Crippen molar-refractivity contribution in [2.45, 2.75) is 25.4 Å². The molecule has 0 aromatic rings. The first-order valence-corrected chi connectivity index (χ1v) is 6.12. The van der Waals surface area contributed by atoms with E-state index in [0.717, 1.165) is 0 Å². The number of ether oxygens (including phenoxy) is 1. The number of carboxylic acids is 1. The molecule has 0 bridgehead atoms. The van der Waals surface area contributed by atoms with E-state index in [4.69, 9.17) is 21.3 Å². The van der Waals surface area contributed by atoms with Crippen LogP contribution >= 0.6 is 11.8 Å². The van der Waals surface area contributed by atoms with E-state index in [-0.39, 0.29) is 0 Å². The van der Waals surface area contributed by atoms with Gasteiger partial charge in [-0.25, -0.2) is 0 Å². The lowest BCUT2D eigenvalue weighted by Gasteiger charge is -2.10. The molecule has 5 N–H and O–H groups in total. The van der Waals surface area contributed by atoms with Crippen molar-refractivity contribution in [1.29, 1.82) is 0 Å².